The lowest BCUT2D eigenvalue weighted by Crippen LogP contribution is -2.09. The van der Waals surface area contributed by atoms with Gasteiger partial charge < -0.3 is 30.3 Å². The van der Waals surface area contributed by atoms with Gasteiger partial charge in [-0.15, -0.1) is 23.5 Å². The first kappa shape index (κ1) is 83.9. The summed E-state index contributed by atoms with van der Waals surface area (Å²) >= 11 is 3.39. The van der Waals surface area contributed by atoms with E-state index in [0.717, 1.165) is 21.3 Å². The Balaban J connectivity index is 0.000000112. The Bertz CT molecular complexity index is 6680. The van der Waals surface area contributed by atoms with Gasteiger partial charge in [0.15, 0.2) is 91.2 Å². The van der Waals surface area contributed by atoms with Gasteiger partial charge in [0, 0.05) is 128 Å². The van der Waals surface area contributed by atoms with Crippen LogP contribution >= 0.6 is 75.9 Å². The molecule has 0 aliphatic carbocycles. The first-order valence-electron chi connectivity index (χ1n) is 39.4. The van der Waals surface area contributed by atoms with E-state index >= 15 is 0 Å². The van der Waals surface area contributed by atoms with Crippen molar-refractivity contribution in [3.8, 4) is 24.5 Å². The van der Waals surface area contributed by atoms with Crippen LogP contribution in [0.5, 0.6) is 0 Å². The molecule has 0 spiro atoms. The van der Waals surface area contributed by atoms with Crippen LogP contribution < -0.4 is 0 Å². The summed E-state index contributed by atoms with van der Waals surface area (Å²) in [6, 6.07) is 125. The second-order valence-electron chi connectivity index (χ2n) is 28.0. The summed E-state index contributed by atoms with van der Waals surface area (Å²) in [4.78, 5) is 20.9. The Hall–Kier alpha value is -10.7. The zero-order valence-corrected chi connectivity index (χ0v) is 72.9. The summed E-state index contributed by atoms with van der Waals surface area (Å²) in [6.45, 7) is -0.438. The van der Waals surface area contributed by atoms with E-state index in [0.29, 0.717) is 5.56 Å². The SMILES string of the molecule is O=C(OCCO)c1ccc(-[s+]2c3ccccc3c3ccccc32)cc1.O=S(=O)(CCO)c1ccc(-[s+]2c3ccccc3c3ccccc32)cc1.O=S(=O)(CCO)c1ccc(-[s+]2c3ccccc3c3ccccc32)cc1.OCCSc1ccc(-[s+]2c3ccccc3c3ccccc32)cc1.OCCSc1ccc(-[s+]2c3ccccc3c3ccccc32)cc1. The lowest BCUT2D eigenvalue weighted by atomic mass is 10.2. The molecule has 5 heterocycles. The van der Waals surface area contributed by atoms with Crippen molar-refractivity contribution in [1.82, 2.24) is 0 Å². The fourth-order valence-electron chi connectivity index (χ4n) is 15.2. The van der Waals surface area contributed by atoms with Crippen LogP contribution in [-0.4, -0.2) is 111 Å². The molecule has 0 aliphatic heterocycles. The second-order valence-corrected chi connectivity index (χ2v) is 44.4. The number of thioether (sulfide) groups is 2. The molecule has 0 saturated heterocycles. The third-order valence-corrected chi connectivity index (χ3v) is 37.6. The van der Waals surface area contributed by atoms with Crippen molar-refractivity contribution in [2.45, 2.75) is 19.6 Å². The maximum Gasteiger partial charge on any atom is 0.338 e. The quantitative estimate of drug-likeness (QED) is 0.0275. The van der Waals surface area contributed by atoms with Gasteiger partial charge in [-0.2, -0.15) is 0 Å². The van der Waals surface area contributed by atoms with Crippen molar-refractivity contribution in [2.75, 3.05) is 62.7 Å². The molecule has 0 fully saturated rings. The topological polar surface area (TPSA) is 196 Å². The van der Waals surface area contributed by atoms with Crippen molar-refractivity contribution < 1.29 is 51.9 Å². The molecule has 0 saturated carbocycles. The molecule has 121 heavy (non-hydrogen) atoms. The molecular formula is C101H85O11S9+5. The number of aliphatic hydroxyl groups is 5. The molecular weight excluding hydrogens is 1680 g/mol. The number of ether oxygens (including phenoxy) is 1. The van der Waals surface area contributed by atoms with E-state index in [9.17, 15) is 21.6 Å². The normalized spacial score (nSPS) is 11.6. The molecule has 5 N–H and O–H groups in total. The molecule has 0 amide bonds. The average Bonchev–Trinajstić information content (AvgIpc) is 1.62. The number of hydrogen-bond acceptors (Lipinski definition) is 13. The van der Waals surface area contributed by atoms with Crippen molar-refractivity contribution in [2.24, 2.45) is 0 Å². The van der Waals surface area contributed by atoms with Crippen LogP contribution in [0.3, 0.4) is 0 Å². The number of thiophene rings is 5. The van der Waals surface area contributed by atoms with Crippen molar-refractivity contribution in [1.29, 1.82) is 0 Å². The minimum atomic E-state index is -3.42. The van der Waals surface area contributed by atoms with Crippen LogP contribution in [0.15, 0.2) is 384 Å². The fraction of sp³-hybridized carbons (Fsp3) is 0.0990. The molecule has 0 aliphatic rings. The van der Waals surface area contributed by atoms with E-state index < -0.39 is 25.6 Å². The number of aliphatic hydroxyl groups excluding tert-OH is 5. The number of carbonyl (C=O) groups is 1. The number of carbonyl (C=O) groups excluding carboxylic acids is 1. The Morgan fingerprint density at radius 1 is 0.248 bits per heavy atom. The maximum atomic E-state index is 12.1. The Morgan fingerprint density at radius 3 is 0.645 bits per heavy atom. The lowest BCUT2D eigenvalue weighted by molar-refractivity contribution is 0.0433. The van der Waals surface area contributed by atoms with Gasteiger partial charge in [-0.1, -0.05) is 121 Å². The number of esters is 1. The number of hydrogen-bond donors (Lipinski definition) is 5. The molecule has 0 radical (unpaired) electrons. The summed E-state index contributed by atoms with van der Waals surface area (Å²) < 4.78 is 66.8. The van der Waals surface area contributed by atoms with Crippen molar-refractivity contribution in [3.63, 3.8) is 0 Å². The smallest absolute Gasteiger partial charge is 0.338 e. The lowest BCUT2D eigenvalue weighted by Gasteiger charge is -2.02. The van der Waals surface area contributed by atoms with Gasteiger partial charge in [0.2, 0.25) is 0 Å². The molecule has 20 aromatic rings. The van der Waals surface area contributed by atoms with E-state index in [1.54, 1.807) is 59.9 Å². The first-order chi connectivity index (χ1) is 59.3. The summed E-state index contributed by atoms with van der Waals surface area (Å²) in [5.41, 5.74) is 0.501. The molecule has 15 aromatic carbocycles. The van der Waals surface area contributed by atoms with Crippen LogP contribution in [0.1, 0.15) is 10.4 Å². The Labute approximate surface area is 724 Å². The van der Waals surface area contributed by atoms with Crippen LogP contribution in [0.4, 0.5) is 0 Å². The standard InChI is InChI=1S/C21H17O3S.2C20H17O3S2.2C20H17OS2/c22-13-14-24-21(23)15-9-11-16(12-10-15)25-19-7-3-1-5-17(19)18-6-2-4-8-20(18)25;2*21-13-14-25(22,23)16-11-9-15(10-12-16)24-19-7-3-1-5-17(19)18-6-2-4-8-20(18)24;2*21-13-14-22-15-9-11-16(12-10-15)23-19-7-3-1-5-17(19)18-6-2-4-8-20(18)23/h1-12,22H,13-14H2;2*1-12,21H,13-14H2;2*1-12,21H,13-14H2/q5*+1. The molecule has 0 atom stereocenters. The minimum absolute atomic E-state index is 0.0132. The van der Waals surface area contributed by atoms with Crippen LogP contribution in [0.2, 0.25) is 0 Å². The van der Waals surface area contributed by atoms with Gasteiger partial charge in [-0.25, -0.2) is 21.6 Å². The van der Waals surface area contributed by atoms with Gasteiger partial charge in [0.1, 0.15) is 6.61 Å². The van der Waals surface area contributed by atoms with Crippen LogP contribution in [0.25, 0.3) is 125 Å². The Kier molecular flexibility index (Phi) is 26.7. The summed E-state index contributed by atoms with van der Waals surface area (Å²) in [5, 5.41) is 57.6. The number of sulfone groups is 2. The summed E-state index contributed by atoms with van der Waals surface area (Å²) in [5.74, 6) is 0.595. The van der Waals surface area contributed by atoms with E-state index in [1.165, 1.54) is 125 Å². The van der Waals surface area contributed by atoms with Gasteiger partial charge >= 0.3 is 5.97 Å². The summed E-state index contributed by atoms with van der Waals surface area (Å²) in [6.07, 6.45) is 0. The fourth-order valence-corrected chi connectivity index (χ4v) is 30.5. The van der Waals surface area contributed by atoms with E-state index in [1.807, 2.05) is 84.9 Å². The van der Waals surface area contributed by atoms with Crippen molar-refractivity contribution in [3.05, 3.63) is 370 Å². The largest absolute Gasteiger partial charge is 0.460 e. The van der Waals surface area contributed by atoms with Gasteiger partial charge in [-0.3, -0.25) is 0 Å². The summed E-state index contributed by atoms with van der Waals surface area (Å²) in [7, 11) is -7.47. The van der Waals surface area contributed by atoms with Gasteiger partial charge in [0.05, 0.1) is 59.9 Å². The molecule has 20 rings (SSSR count). The molecule has 11 nitrogen and oxygen atoms in total. The zero-order valence-electron chi connectivity index (χ0n) is 65.6. The average molecular weight is 1760 g/mol. The number of fused-ring (bicyclic) bond motifs is 15. The number of rotatable bonds is 20. The molecule has 0 unspecified atom stereocenters. The van der Waals surface area contributed by atoms with Crippen molar-refractivity contribution >= 4 is 202 Å². The van der Waals surface area contributed by atoms with Gasteiger partial charge in [-0.05, 0) is 243 Å². The second kappa shape index (κ2) is 38.6. The molecule has 0 bridgehead atoms. The third-order valence-electron chi connectivity index (χ3n) is 20.6. The van der Waals surface area contributed by atoms with E-state index in [-0.39, 0.29) is 113 Å². The number of benzene rings is 15. The first-order valence-corrected chi connectivity index (χ1v) is 50.8. The molecule has 5 aromatic heterocycles. The minimum Gasteiger partial charge on any atom is -0.460 e. The van der Waals surface area contributed by atoms with E-state index in [4.69, 9.17) is 30.3 Å². The maximum absolute atomic E-state index is 12.1. The highest BCUT2D eigenvalue weighted by Crippen LogP contribution is 2.54. The van der Waals surface area contributed by atoms with Crippen LogP contribution in [0, 0.1) is 0 Å². The molecule has 604 valence electrons. The zero-order chi connectivity index (χ0) is 83.4. The van der Waals surface area contributed by atoms with Gasteiger partial charge in [0.25, 0.3) is 0 Å². The Morgan fingerprint density at radius 2 is 0.446 bits per heavy atom. The third kappa shape index (κ3) is 17.9. The molecule has 20 heteroatoms. The highest BCUT2D eigenvalue weighted by molar-refractivity contribution is 7.99. The monoisotopic (exact) mass is 1760 g/mol. The predicted octanol–water partition coefficient (Wildman–Crippen LogP) is 25.5. The highest BCUT2D eigenvalue weighted by Gasteiger charge is 2.30. The highest BCUT2D eigenvalue weighted by atomic mass is 32.2. The van der Waals surface area contributed by atoms with E-state index in [2.05, 4.69) is 243 Å². The predicted molar refractivity (Wildman–Crippen MR) is 518 cm³/mol. The van der Waals surface area contributed by atoms with Crippen LogP contribution in [-0.2, 0) is 24.4 Å².